The molecule has 8 heteroatoms. The zero-order chi connectivity index (χ0) is 15.7. The van der Waals surface area contributed by atoms with Gasteiger partial charge in [-0.05, 0) is 5.92 Å². The number of carboxylic acid groups (broad SMARTS) is 1. The van der Waals surface area contributed by atoms with E-state index < -0.39 is 5.97 Å². The monoisotopic (exact) mass is 335 g/mol. The van der Waals surface area contributed by atoms with Crippen LogP contribution in [0.4, 0.5) is 0 Å². The third-order valence-corrected chi connectivity index (χ3v) is 4.82. The summed E-state index contributed by atoms with van der Waals surface area (Å²) in [6.07, 6.45) is 0.544. The topological polar surface area (TPSA) is 86.7 Å². The van der Waals surface area contributed by atoms with Crippen molar-refractivity contribution in [2.75, 3.05) is 12.4 Å². The van der Waals surface area contributed by atoms with E-state index in [0.29, 0.717) is 17.1 Å². The first-order valence-corrected chi connectivity index (χ1v) is 7.86. The summed E-state index contributed by atoms with van der Waals surface area (Å²) in [6, 6.07) is -0.0679. The number of carbonyl (C=O) groups is 3. The summed E-state index contributed by atoms with van der Waals surface area (Å²) in [7, 11) is 0. The Labute approximate surface area is 155 Å². The maximum Gasteiger partial charge on any atom is 1.00 e. The fourth-order valence-corrected chi connectivity index (χ4v) is 3.92. The van der Waals surface area contributed by atoms with E-state index in [2.05, 4.69) is 0 Å². The van der Waals surface area contributed by atoms with Crippen molar-refractivity contribution >= 4 is 29.6 Å². The van der Waals surface area contributed by atoms with Crippen LogP contribution in [0.25, 0.3) is 0 Å². The molecule has 0 spiro atoms. The van der Waals surface area contributed by atoms with E-state index in [9.17, 15) is 19.5 Å². The molecule has 6 nitrogen and oxygen atoms in total. The van der Waals surface area contributed by atoms with Crippen LogP contribution in [0.3, 0.4) is 0 Å². The first kappa shape index (κ1) is 19.5. The van der Waals surface area contributed by atoms with Crippen LogP contribution in [0.15, 0.2) is 10.6 Å². The molecule has 0 aromatic carbocycles. The predicted octanol–water partition coefficient (Wildman–Crippen LogP) is -2.87. The molecule has 0 aromatic heterocycles. The van der Waals surface area contributed by atoms with Crippen LogP contribution in [0.5, 0.6) is 0 Å². The van der Waals surface area contributed by atoms with Crippen LogP contribution in [-0.4, -0.2) is 41.1 Å². The Morgan fingerprint density at radius 2 is 2.09 bits per heavy atom. The maximum atomic E-state index is 12.1. The Morgan fingerprint density at radius 1 is 1.45 bits per heavy atom. The van der Waals surface area contributed by atoms with Crippen molar-refractivity contribution in [1.29, 1.82) is 0 Å². The minimum absolute atomic E-state index is 0. The van der Waals surface area contributed by atoms with Gasteiger partial charge in [0.05, 0.1) is 23.6 Å². The molecule has 2 rings (SSSR count). The van der Waals surface area contributed by atoms with Gasteiger partial charge in [-0.2, -0.15) is 0 Å². The van der Waals surface area contributed by atoms with Crippen molar-refractivity contribution in [2.45, 2.75) is 33.2 Å². The standard InChI is InChI=1S/C14H19NO5S.Na/c1-7(2)11-9-6-10(21-5-4-20-8(3)16)12(14(18)19)15(9)13(11)17;/h7,9,11H,4-6H2,1-3H3,(H,18,19);/q;+1/p-1. The van der Waals surface area contributed by atoms with Gasteiger partial charge in [0.2, 0.25) is 5.91 Å². The minimum atomic E-state index is -1.32. The number of carboxylic acids is 1. The van der Waals surface area contributed by atoms with Crippen molar-refractivity contribution < 1.29 is 53.8 Å². The summed E-state index contributed by atoms with van der Waals surface area (Å²) >= 11 is 1.31. The van der Waals surface area contributed by atoms with E-state index in [1.807, 2.05) is 13.8 Å². The Morgan fingerprint density at radius 3 is 2.59 bits per heavy atom. The van der Waals surface area contributed by atoms with Crippen molar-refractivity contribution in [1.82, 2.24) is 4.90 Å². The average Bonchev–Trinajstić information content (AvgIpc) is 2.68. The van der Waals surface area contributed by atoms with E-state index >= 15 is 0 Å². The molecule has 1 fully saturated rings. The number of nitrogens with zero attached hydrogens (tertiary/aromatic N) is 1. The fraction of sp³-hybridized carbons (Fsp3) is 0.643. The molecule has 0 aliphatic carbocycles. The van der Waals surface area contributed by atoms with Gasteiger partial charge in [0.1, 0.15) is 6.61 Å². The van der Waals surface area contributed by atoms with Gasteiger partial charge in [0, 0.05) is 24.0 Å². The van der Waals surface area contributed by atoms with Gasteiger partial charge >= 0.3 is 35.5 Å². The molecule has 1 amide bonds. The number of hydrogen-bond donors (Lipinski definition) is 0. The van der Waals surface area contributed by atoms with Gasteiger partial charge in [-0.25, -0.2) is 0 Å². The van der Waals surface area contributed by atoms with E-state index in [4.69, 9.17) is 4.74 Å². The molecule has 0 radical (unpaired) electrons. The molecule has 2 aliphatic rings. The van der Waals surface area contributed by atoms with Gasteiger partial charge in [-0.15, -0.1) is 11.8 Å². The first-order valence-electron chi connectivity index (χ1n) is 6.88. The number of ether oxygens (including phenoxy) is 1. The molecule has 0 aromatic rings. The van der Waals surface area contributed by atoms with E-state index in [1.165, 1.54) is 23.6 Å². The predicted molar refractivity (Wildman–Crippen MR) is 74.7 cm³/mol. The molecule has 116 valence electrons. The second kappa shape index (κ2) is 7.86. The normalized spacial score (nSPS) is 23.1. The molecule has 0 saturated carbocycles. The molecular weight excluding hydrogens is 317 g/mol. The van der Waals surface area contributed by atoms with Crippen LogP contribution in [-0.2, 0) is 19.1 Å². The number of amides is 1. The first-order chi connectivity index (χ1) is 9.84. The molecule has 2 atom stereocenters. The average molecular weight is 335 g/mol. The van der Waals surface area contributed by atoms with Crippen LogP contribution >= 0.6 is 11.8 Å². The maximum absolute atomic E-state index is 12.1. The smallest absolute Gasteiger partial charge is 0.543 e. The zero-order valence-corrected chi connectivity index (χ0v) is 16.1. The Balaban J connectivity index is 0.00000242. The number of thioether (sulfide) groups is 1. The SMILES string of the molecule is CC(=O)OCCSC1=C(C(=O)[O-])N2C(=O)C(C(C)C)C2C1.[Na+]. The molecular formula is C14H18NNaO5S. The summed E-state index contributed by atoms with van der Waals surface area (Å²) in [5.41, 5.74) is -0.00488. The van der Waals surface area contributed by atoms with Crippen LogP contribution in [0, 0.1) is 11.8 Å². The van der Waals surface area contributed by atoms with Crippen molar-refractivity contribution in [3.63, 3.8) is 0 Å². The van der Waals surface area contributed by atoms with E-state index in [1.54, 1.807) is 0 Å². The number of fused-ring (bicyclic) bond motifs is 1. The Bertz CT molecular complexity index is 519. The Hall–Kier alpha value is -0.500. The summed E-state index contributed by atoms with van der Waals surface area (Å²) in [5, 5.41) is 11.3. The van der Waals surface area contributed by atoms with Gasteiger partial charge in [-0.1, -0.05) is 13.8 Å². The van der Waals surface area contributed by atoms with Crippen LogP contribution in [0.1, 0.15) is 27.2 Å². The summed E-state index contributed by atoms with van der Waals surface area (Å²) in [5.74, 6) is -1.28. The fourth-order valence-electron chi connectivity index (χ4n) is 2.90. The van der Waals surface area contributed by atoms with Crippen molar-refractivity contribution in [3.05, 3.63) is 10.6 Å². The van der Waals surface area contributed by atoms with Gasteiger partial charge in [-0.3, -0.25) is 9.59 Å². The number of hydrogen-bond acceptors (Lipinski definition) is 6. The number of esters is 1. The molecule has 1 saturated heterocycles. The molecule has 2 aliphatic heterocycles. The van der Waals surface area contributed by atoms with Crippen LogP contribution in [0.2, 0.25) is 0 Å². The summed E-state index contributed by atoms with van der Waals surface area (Å²) in [6.45, 7) is 5.47. The molecule has 0 N–H and O–H groups in total. The molecule has 22 heavy (non-hydrogen) atoms. The third kappa shape index (κ3) is 3.69. The van der Waals surface area contributed by atoms with Crippen molar-refractivity contribution in [3.8, 4) is 0 Å². The van der Waals surface area contributed by atoms with Gasteiger partial charge in [0.25, 0.3) is 0 Å². The zero-order valence-electron chi connectivity index (χ0n) is 13.3. The largest absolute Gasteiger partial charge is 1.00 e. The summed E-state index contributed by atoms with van der Waals surface area (Å²) < 4.78 is 4.82. The Kier molecular flexibility index (Phi) is 6.98. The number of rotatable bonds is 6. The number of carbonyl (C=O) groups excluding carboxylic acids is 3. The quantitative estimate of drug-likeness (QED) is 0.225. The van der Waals surface area contributed by atoms with E-state index in [0.717, 1.165) is 0 Å². The number of aliphatic carboxylic acids is 1. The second-order valence-corrected chi connectivity index (χ2v) is 6.69. The molecule has 0 bridgehead atoms. The van der Waals surface area contributed by atoms with Gasteiger partial charge in [0.15, 0.2) is 0 Å². The molecule has 2 unspecified atom stereocenters. The van der Waals surface area contributed by atoms with E-state index in [-0.39, 0.29) is 71.6 Å². The van der Waals surface area contributed by atoms with Gasteiger partial charge < -0.3 is 19.5 Å². The third-order valence-electron chi connectivity index (χ3n) is 3.74. The second-order valence-electron chi connectivity index (χ2n) is 5.50. The van der Waals surface area contributed by atoms with Crippen molar-refractivity contribution in [2.24, 2.45) is 11.8 Å². The minimum Gasteiger partial charge on any atom is -0.543 e. The summed E-state index contributed by atoms with van der Waals surface area (Å²) in [4.78, 5) is 36.1. The van der Waals surface area contributed by atoms with Crippen LogP contribution < -0.4 is 34.7 Å². The number of β-lactam (4-membered cyclic amide) rings is 1. The molecule has 2 heterocycles.